The smallest absolute Gasteiger partial charge is 0.123 e. The van der Waals surface area contributed by atoms with Crippen LogP contribution in [-0.4, -0.2) is 5.66 Å². The highest BCUT2D eigenvalue weighted by Crippen LogP contribution is 2.79. The minimum absolute atomic E-state index is 0.0964. The van der Waals surface area contributed by atoms with Crippen LogP contribution < -0.4 is 0 Å². The quantitative estimate of drug-likeness (QED) is 0.520. The Kier molecular flexibility index (Phi) is 4.84. The molecule has 144 valence electrons. The van der Waals surface area contributed by atoms with E-state index in [0.29, 0.717) is 24.4 Å². The van der Waals surface area contributed by atoms with Crippen molar-refractivity contribution in [3.63, 3.8) is 0 Å². The van der Waals surface area contributed by atoms with Crippen LogP contribution in [0.15, 0.2) is 66.2 Å². The van der Waals surface area contributed by atoms with Crippen LogP contribution in [0, 0.1) is 28.6 Å². The van der Waals surface area contributed by atoms with Crippen molar-refractivity contribution in [2.75, 3.05) is 0 Å². The molecular weight excluding hydrogens is 361 g/mol. The molecule has 4 rings (SSSR count). The Morgan fingerprint density at radius 2 is 1.68 bits per heavy atom. The van der Waals surface area contributed by atoms with E-state index >= 15 is 0 Å². The van der Waals surface area contributed by atoms with Gasteiger partial charge in [-0.25, -0.2) is 0 Å². The maximum atomic E-state index is 14.8. The second-order valence-corrected chi connectivity index (χ2v) is 12.0. The van der Waals surface area contributed by atoms with Crippen LogP contribution in [0.5, 0.6) is 0 Å². The van der Waals surface area contributed by atoms with Gasteiger partial charge in [-0.1, -0.05) is 80.1 Å². The lowest BCUT2D eigenvalue weighted by molar-refractivity contribution is 0.511. The van der Waals surface area contributed by atoms with Crippen LogP contribution in [0.2, 0.25) is 0 Å². The highest BCUT2D eigenvalue weighted by Gasteiger charge is 2.65. The molecular formula is C25H28NOP. The highest BCUT2D eigenvalue weighted by molar-refractivity contribution is 7.74. The third-order valence-electron chi connectivity index (χ3n) is 7.01. The first-order valence-electron chi connectivity index (χ1n) is 10.1. The van der Waals surface area contributed by atoms with Gasteiger partial charge in [0.05, 0.1) is 6.07 Å². The largest absolute Gasteiger partial charge is 0.318 e. The minimum atomic E-state index is -2.65. The van der Waals surface area contributed by atoms with Crippen molar-refractivity contribution in [1.29, 1.82) is 5.26 Å². The number of hydrogen-bond acceptors (Lipinski definition) is 2. The highest BCUT2D eigenvalue weighted by atomic mass is 31.2. The number of hydrogen-bond donors (Lipinski definition) is 0. The van der Waals surface area contributed by atoms with Crippen molar-refractivity contribution < 1.29 is 4.57 Å². The van der Waals surface area contributed by atoms with Gasteiger partial charge in [0.2, 0.25) is 0 Å². The van der Waals surface area contributed by atoms with Gasteiger partial charge >= 0.3 is 0 Å². The molecule has 0 saturated heterocycles. The van der Waals surface area contributed by atoms with Gasteiger partial charge in [-0.05, 0) is 41.7 Å². The predicted molar refractivity (Wildman–Crippen MR) is 116 cm³/mol. The molecule has 2 nitrogen and oxygen atoms in total. The van der Waals surface area contributed by atoms with Gasteiger partial charge < -0.3 is 4.57 Å². The van der Waals surface area contributed by atoms with Crippen molar-refractivity contribution in [2.45, 2.75) is 45.4 Å². The molecule has 4 atom stereocenters. The molecule has 1 aliphatic heterocycles. The fourth-order valence-electron chi connectivity index (χ4n) is 5.58. The van der Waals surface area contributed by atoms with Crippen molar-refractivity contribution >= 4 is 12.5 Å². The van der Waals surface area contributed by atoms with E-state index in [1.54, 1.807) is 0 Å². The minimum Gasteiger partial charge on any atom is -0.318 e. The molecule has 0 amide bonds. The maximum Gasteiger partial charge on any atom is 0.123 e. The summed E-state index contributed by atoms with van der Waals surface area (Å²) in [7, 11) is -2.65. The average molecular weight is 389 g/mol. The predicted octanol–water partition coefficient (Wildman–Crippen LogP) is 6.94. The third kappa shape index (κ3) is 3.07. The summed E-state index contributed by atoms with van der Waals surface area (Å²) in [5, 5.41) is 10.4. The number of rotatable bonds is 5. The first kappa shape index (κ1) is 19.2. The monoisotopic (exact) mass is 389 g/mol. The average Bonchev–Trinajstić information content (AvgIpc) is 3.10. The second-order valence-electron chi connectivity index (χ2n) is 9.02. The maximum absolute atomic E-state index is 14.8. The molecule has 1 saturated carbocycles. The Labute approximate surface area is 168 Å². The van der Waals surface area contributed by atoms with Gasteiger partial charge in [-0.15, -0.1) is 0 Å². The number of nitriles is 1. The Morgan fingerprint density at radius 3 is 2.29 bits per heavy atom. The van der Waals surface area contributed by atoms with E-state index in [4.69, 9.17) is 0 Å². The molecule has 2 aliphatic rings. The van der Waals surface area contributed by atoms with Crippen molar-refractivity contribution in [2.24, 2.45) is 17.3 Å². The lowest BCUT2D eigenvalue weighted by Gasteiger charge is -2.26. The molecule has 1 fully saturated rings. The molecule has 0 spiro atoms. The topological polar surface area (TPSA) is 40.9 Å². The summed E-state index contributed by atoms with van der Waals surface area (Å²) in [6, 6.07) is 22.9. The zero-order valence-electron chi connectivity index (χ0n) is 16.9. The summed E-state index contributed by atoms with van der Waals surface area (Å²) in [4.78, 5) is 0. The fourth-order valence-corrected chi connectivity index (χ4v) is 10.1. The molecule has 28 heavy (non-hydrogen) atoms. The molecule has 2 aromatic carbocycles. The van der Waals surface area contributed by atoms with E-state index < -0.39 is 7.14 Å². The van der Waals surface area contributed by atoms with Gasteiger partial charge in [0.1, 0.15) is 7.14 Å². The van der Waals surface area contributed by atoms with Crippen molar-refractivity contribution in [1.82, 2.24) is 0 Å². The fraction of sp³-hybridized carbons (Fsp3) is 0.400. The zero-order chi connectivity index (χ0) is 19.9. The summed E-state index contributed by atoms with van der Waals surface area (Å²) in [5.41, 5.74) is 3.77. The zero-order valence-corrected chi connectivity index (χ0v) is 17.8. The second kappa shape index (κ2) is 7.06. The van der Waals surface area contributed by atoms with E-state index in [1.807, 2.05) is 36.4 Å². The first-order valence-corrected chi connectivity index (χ1v) is 12.1. The Balaban J connectivity index is 1.78. The van der Waals surface area contributed by atoms with E-state index in [0.717, 1.165) is 22.9 Å². The van der Waals surface area contributed by atoms with E-state index in [1.165, 1.54) is 5.57 Å². The SMILES string of the molecule is CC1=C(c2ccccc2)P(=O)(Cc2ccccc2)C(C2C(CC#N)C2(C)C)C1. The van der Waals surface area contributed by atoms with Crippen molar-refractivity contribution in [3.05, 3.63) is 77.4 Å². The summed E-state index contributed by atoms with van der Waals surface area (Å²) in [5.74, 6) is 0.715. The normalized spacial score (nSPS) is 30.9. The van der Waals surface area contributed by atoms with Gasteiger partial charge in [0.25, 0.3) is 0 Å². The summed E-state index contributed by atoms with van der Waals surface area (Å²) in [6.07, 6.45) is 2.08. The van der Waals surface area contributed by atoms with Crippen LogP contribution >= 0.6 is 7.14 Å². The Hall–Kier alpha value is -2.10. The molecule has 0 radical (unpaired) electrons. The lowest BCUT2D eigenvalue weighted by Crippen LogP contribution is -2.13. The van der Waals surface area contributed by atoms with E-state index in [2.05, 4.69) is 51.1 Å². The third-order valence-corrected chi connectivity index (χ3v) is 10.8. The Bertz CT molecular complexity index is 984. The summed E-state index contributed by atoms with van der Waals surface area (Å²) < 4.78 is 14.8. The molecule has 0 aromatic heterocycles. The molecule has 1 aliphatic carbocycles. The van der Waals surface area contributed by atoms with Crippen LogP contribution in [0.1, 0.15) is 44.7 Å². The summed E-state index contributed by atoms with van der Waals surface area (Å²) >= 11 is 0. The number of allylic oxidation sites excluding steroid dienone is 1. The standard InChI is InChI=1S/C25H28NOP/c1-18-16-22(23-21(14-15-26)25(23,2)3)28(27,17-19-10-6-4-7-11-19)24(18)20-12-8-5-9-13-20/h4-13,21-23H,14,16-17H2,1-3H3. The van der Waals surface area contributed by atoms with E-state index in [-0.39, 0.29) is 11.1 Å². The Morgan fingerprint density at radius 1 is 1.07 bits per heavy atom. The van der Waals surface area contributed by atoms with Crippen LogP contribution in [-0.2, 0) is 10.7 Å². The van der Waals surface area contributed by atoms with Gasteiger partial charge in [0, 0.05) is 23.6 Å². The molecule has 1 heterocycles. The summed E-state index contributed by atoms with van der Waals surface area (Å²) in [6.45, 7) is 6.67. The molecule has 2 aromatic rings. The van der Waals surface area contributed by atoms with Gasteiger partial charge in [0.15, 0.2) is 0 Å². The molecule has 3 heteroatoms. The lowest BCUT2D eigenvalue weighted by atomic mass is 10.0. The van der Waals surface area contributed by atoms with Gasteiger partial charge in [-0.2, -0.15) is 5.26 Å². The first-order chi connectivity index (χ1) is 13.4. The van der Waals surface area contributed by atoms with Gasteiger partial charge in [-0.3, -0.25) is 0 Å². The molecule has 0 N–H and O–H groups in total. The van der Waals surface area contributed by atoms with Crippen LogP contribution in [0.4, 0.5) is 0 Å². The molecule has 4 unspecified atom stereocenters. The van der Waals surface area contributed by atoms with E-state index in [9.17, 15) is 9.83 Å². The number of nitrogens with zero attached hydrogens (tertiary/aromatic N) is 1. The molecule has 0 bridgehead atoms. The number of benzene rings is 2. The van der Waals surface area contributed by atoms with Crippen LogP contribution in [0.3, 0.4) is 0 Å². The van der Waals surface area contributed by atoms with Crippen molar-refractivity contribution in [3.8, 4) is 6.07 Å². The van der Waals surface area contributed by atoms with Crippen LogP contribution in [0.25, 0.3) is 5.31 Å².